The fraction of sp³-hybridized carbons (Fsp3) is 0.273. The molecular formula is C11H12NO5. The number of nitrogens with zero attached hydrogens (tertiary/aromatic N) is 1. The molecule has 0 aliphatic heterocycles. The fourth-order valence-corrected chi connectivity index (χ4v) is 1.23. The summed E-state index contributed by atoms with van der Waals surface area (Å²) in [6, 6.07) is 6.25. The highest BCUT2D eigenvalue weighted by molar-refractivity contribution is 6.01. The Kier molecular flexibility index (Phi) is 4.47. The van der Waals surface area contributed by atoms with Crippen molar-refractivity contribution in [2.45, 2.75) is 6.04 Å². The summed E-state index contributed by atoms with van der Waals surface area (Å²) in [6.07, 6.45) is 0. The topological polar surface area (TPSA) is 75.7 Å². The first-order valence-corrected chi connectivity index (χ1v) is 4.79. The number of hydroxylamine groups is 1. The molecule has 0 saturated carbocycles. The zero-order valence-corrected chi connectivity index (χ0v) is 9.45. The maximum absolute atomic E-state index is 11.9. The van der Waals surface area contributed by atoms with Crippen molar-refractivity contribution in [1.82, 2.24) is 0 Å². The third-order valence-corrected chi connectivity index (χ3v) is 2.09. The molecule has 0 aliphatic carbocycles. The molecule has 0 bridgehead atoms. The van der Waals surface area contributed by atoms with Crippen molar-refractivity contribution < 1.29 is 24.3 Å². The maximum atomic E-state index is 11.9. The lowest BCUT2D eigenvalue weighted by Crippen LogP contribution is -2.45. The number of para-hydroxylation sites is 1. The first-order chi connectivity index (χ1) is 8.11. The maximum Gasteiger partial charge on any atom is 0.343 e. The summed E-state index contributed by atoms with van der Waals surface area (Å²) in [5, 5.41) is 12.1. The standard InChI is InChI=1S/C11H12NO5/c1-16-10(13)9(11(14)17-2)12(15)8-6-4-3-5-7-8/h3-7,9H,1-2H3. The number of carbonyl (C=O) groups is 2. The number of ether oxygens (including phenoxy) is 2. The van der Waals surface area contributed by atoms with E-state index >= 15 is 0 Å². The van der Waals surface area contributed by atoms with Crippen molar-refractivity contribution in [2.24, 2.45) is 0 Å². The summed E-state index contributed by atoms with van der Waals surface area (Å²) in [4.78, 5) is 22.7. The molecule has 0 aromatic heterocycles. The van der Waals surface area contributed by atoms with E-state index in [0.29, 0.717) is 0 Å². The van der Waals surface area contributed by atoms with Gasteiger partial charge in [0.15, 0.2) is 0 Å². The second-order valence-electron chi connectivity index (χ2n) is 3.11. The Morgan fingerprint density at radius 2 is 1.53 bits per heavy atom. The number of hydrogen-bond acceptors (Lipinski definition) is 5. The number of anilines is 1. The summed E-state index contributed by atoms with van der Waals surface area (Å²) in [5.41, 5.74) is 0.174. The molecule has 0 spiro atoms. The molecule has 1 aromatic carbocycles. The molecule has 0 saturated heterocycles. The Hall–Kier alpha value is -2.08. The van der Waals surface area contributed by atoms with Gasteiger partial charge in [0.2, 0.25) is 0 Å². The Balaban J connectivity index is 2.99. The molecule has 0 unspecified atom stereocenters. The number of hydrogen-bond donors (Lipinski definition) is 0. The zero-order chi connectivity index (χ0) is 12.8. The molecule has 91 valence electrons. The van der Waals surface area contributed by atoms with Gasteiger partial charge in [-0.3, -0.25) is 0 Å². The van der Waals surface area contributed by atoms with Crippen LogP contribution < -0.4 is 5.06 Å². The predicted molar refractivity (Wildman–Crippen MR) is 57.4 cm³/mol. The van der Waals surface area contributed by atoms with Gasteiger partial charge in [-0.25, -0.2) is 9.59 Å². The first kappa shape index (κ1) is 13.0. The van der Waals surface area contributed by atoms with E-state index in [1.165, 1.54) is 12.1 Å². The molecule has 1 rings (SSSR count). The molecular weight excluding hydrogens is 226 g/mol. The van der Waals surface area contributed by atoms with E-state index < -0.39 is 18.0 Å². The van der Waals surface area contributed by atoms with Crippen LogP contribution in [0.2, 0.25) is 0 Å². The molecule has 6 nitrogen and oxygen atoms in total. The van der Waals surface area contributed by atoms with Crippen molar-refractivity contribution >= 4 is 17.6 Å². The second-order valence-corrected chi connectivity index (χ2v) is 3.11. The van der Waals surface area contributed by atoms with Gasteiger partial charge >= 0.3 is 11.9 Å². The average molecular weight is 238 g/mol. The number of rotatable bonds is 4. The quantitative estimate of drug-likeness (QED) is 0.435. The Bertz CT molecular complexity index is 376. The lowest BCUT2D eigenvalue weighted by molar-refractivity contribution is -0.157. The van der Waals surface area contributed by atoms with Crippen LogP contribution in [-0.4, -0.2) is 32.2 Å². The van der Waals surface area contributed by atoms with Crippen molar-refractivity contribution in [1.29, 1.82) is 0 Å². The first-order valence-electron chi connectivity index (χ1n) is 4.79. The van der Waals surface area contributed by atoms with Gasteiger partial charge in [0.1, 0.15) is 0 Å². The van der Waals surface area contributed by atoms with Crippen molar-refractivity contribution in [3.8, 4) is 0 Å². The lowest BCUT2D eigenvalue weighted by Gasteiger charge is -2.20. The molecule has 6 heteroatoms. The van der Waals surface area contributed by atoms with Crippen LogP contribution in [0.1, 0.15) is 0 Å². The van der Waals surface area contributed by atoms with Crippen molar-refractivity contribution in [3.05, 3.63) is 30.3 Å². The van der Waals surface area contributed by atoms with E-state index in [1.54, 1.807) is 18.2 Å². The smallest absolute Gasteiger partial charge is 0.343 e. The van der Waals surface area contributed by atoms with Gasteiger partial charge in [-0.15, -0.1) is 0 Å². The van der Waals surface area contributed by atoms with Crippen LogP contribution >= 0.6 is 0 Å². The zero-order valence-electron chi connectivity index (χ0n) is 9.45. The molecule has 0 atom stereocenters. The summed E-state index contributed by atoms with van der Waals surface area (Å²) in [7, 11) is 2.19. The Morgan fingerprint density at radius 3 is 1.94 bits per heavy atom. The van der Waals surface area contributed by atoms with Crippen LogP contribution in [0.4, 0.5) is 5.69 Å². The van der Waals surface area contributed by atoms with E-state index in [2.05, 4.69) is 9.47 Å². The third-order valence-electron chi connectivity index (χ3n) is 2.09. The molecule has 0 heterocycles. The minimum Gasteiger partial charge on any atom is -0.467 e. The predicted octanol–water partition coefficient (Wildman–Crippen LogP) is 0.553. The van der Waals surface area contributed by atoms with Gasteiger partial charge in [0.05, 0.1) is 19.9 Å². The number of esters is 2. The van der Waals surface area contributed by atoms with Crippen LogP contribution in [0.15, 0.2) is 30.3 Å². The largest absolute Gasteiger partial charge is 0.467 e. The van der Waals surface area contributed by atoms with E-state index in [9.17, 15) is 14.8 Å². The minimum absolute atomic E-state index is 0.174. The molecule has 1 aromatic rings. The van der Waals surface area contributed by atoms with E-state index in [0.717, 1.165) is 14.2 Å². The highest BCUT2D eigenvalue weighted by Gasteiger charge is 2.36. The number of methoxy groups -OCH3 is 2. The highest BCUT2D eigenvalue weighted by Crippen LogP contribution is 2.16. The lowest BCUT2D eigenvalue weighted by atomic mass is 10.2. The Labute approximate surface area is 98.3 Å². The summed E-state index contributed by atoms with van der Waals surface area (Å²) in [5.74, 6) is -1.92. The number of benzene rings is 1. The second kappa shape index (κ2) is 5.86. The summed E-state index contributed by atoms with van der Waals surface area (Å²) in [6.45, 7) is 0. The summed E-state index contributed by atoms with van der Waals surface area (Å²) >= 11 is 0. The SMILES string of the molecule is COC(=O)C(C(=O)OC)N([O])c1ccccc1. The molecule has 17 heavy (non-hydrogen) atoms. The van der Waals surface area contributed by atoms with E-state index in [4.69, 9.17) is 0 Å². The number of carbonyl (C=O) groups excluding carboxylic acids is 2. The average Bonchev–Trinajstić information content (AvgIpc) is 2.39. The van der Waals surface area contributed by atoms with Gasteiger partial charge in [0.25, 0.3) is 6.04 Å². The monoisotopic (exact) mass is 238 g/mol. The normalized spacial score (nSPS) is 9.88. The van der Waals surface area contributed by atoms with Gasteiger partial charge < -0.3 is 9.47 Å². The van der Waals surface area contributed by atoms with E-state index in [-0.39, 0.29) is 10.8 Å². The molecule has 0 fully saturated rings. The third kappa shape index (κ3) is 2.94. The van der Waals surface area contributed by atoms with Crippen LogP contribution in [0, 0.1) is 0 Å². The highest BCUT2D eigenvalue weighted by atomic mass is 16.6. The van der Waals surface area contributed by atoms with Crippen LogP contribution in [0.5, 0.6) is 0 Å². The molecule has 0 amide bonds. The van der Waals surface area contributed by atoms with Crippen molar-refractivity contribution in [3.63, 3.8) is 0 Å². The molecule has 0 N–H and O–H groups in total. The fourth-order valence-electron chi connectivity index (χ4n) is 1.23. The van der Waals surface area contributed by atoms with E-state index in [1.807, 2.05) is 0 Å². The van der Waals surface area contributed by atoms with Crippen molar-refractivity contribution in [2.75, 3.05) is 19.3 Å². The van der Waals surface area contributed by atoms with Crippen LogP contribution in [0.3, 0.4) is 0 Å². The molecule has 1 radical (unpaired) electrons. The van der Waals surface area contributed by atoms with Gasteiger partial charge in [-0.1, -0.05) is 23.4 Å². The summed E-state index contributed by atoms with van der Waals surface area (Å²) < 4.78 is 8.79. The minimum atomic E-state index is -1.65. The van der Waals surface area contributed by atoms with Gasteiger partial charge in [-0.2, -0.15) is 5.06 Å². The van der Waals surface area contributed by atoms with Gasteiger partial charge in [-0.05, 0) is 12.1 Å². The van der Waals surface area contributed by atoms with Crippen LogP contribution in [-0.2, 0) is 24.3 Å². The van der Waals surface area contributed by atoms with Crippen LogP contribution in [0.25, 0.3) is 0 Å². The molecule has 0 aliphatic rings. The van der Waals surface area contributed by atoms with Gasteiger partial charge in [0, 0.05) is 0 Å². The Morgan fingerprint density at radius 1 is 1.06 bits per heavy atom.